The third-order valence-corrected chi connectivity index (χ3v) is 5.25. The van der Waals surface area contributed by atoms with Crippen LogP contribution >= 0.6 is 0 Å². The van der Waals surface area contributed by atoms with E-state index in [1.54, 1.807) is 38.4 Å². The Morgan fingerprint density at radius 3 is 2.45 bits per heavy atom. The van der Waals surface area contributed by atoms with Crippen molar-refractivity contribution < 1.29 is 14.3 Å². The summed E-state index contributed by atoms with van der Waals surface area (Å²) >= 11 is 0. The molecule has 154 valence electrons. The molecule has 0 radical (unpaired) electrons. The first-order valence-corrected chi connectivity index (χ1v) is 9.91. The fourth-order valence-corrected chi connectivity index (χ4v) is 3.58. The molecule has 2 aromatic rings. The number of rotatable bonds is 6. The zero-order valence-electron chi connectivity index (χ0n) is 17.4. The molecule has 6 heteroatoms. The lowest BCUT2D eigenvalue weighted by Gasteiger charge is -2.35. The Kier molecular flexibility index (Phi) is 6.88. The van der Waals surface area contributed by atoms with E-state index in [2.05, 4.69) is 36.1 Å². The van der Waals surface area contributed by atoms with Gasteiger partial charge in [-0.1, -0.05) is 35.9 Å². The lowest BCUT2D eigenvalue weighted by molar-refractivity contribution is -0.133. The maximum atomic E-state index is 12.7. The van der Waals surface area contributed by atoms with Crippen LogP contribution in [0.4, 0.5) is 0 Å². The molecule has 0 spiro atoms. The van der Waals surface area contributed by atoms with Crippen LogP contribution in [-0.4, -0.2) is 73.4 Å². The van der Waals surface area contributed by atoms with Crippen molar-refractivity contribution in [2.45, 2.75) is 13.5 Å². The summed E-state index contributed by atoms with van der Waals surface area (Å²) in [6, 6.07) is 15.5. The number of ether oxygens (including phenoxy) is 1. The Morgan fingerprint density at radius 1 is 1.03 bits per heavy atom. The number of hydrogen-bond acceptors (Lipinski definition) is 4. The molecule has 0 bridgehead atoms. The number of carbonyl (C=O) groups excluding carboxylic acids is 2. The molecule has 6 nitrogen and oxygen atoms in total. The van der Waals surface area contributed by atoms with E-state index >= 15 is 0 Å². The van der Waals surface area contributed by atoms with E-state index in [0.717, 1.165) is 19.6 Å². The van der Waals surface area contributed by atoms with Gasteiger partial charge < -0.3 is 14.5 Å². The van der Waals surface area contributed by atoms with E-state index in [4.69, 9.17) is 4.74 Å². The molecular formula is C23H29N3O3. The minimum atomic E-state index is -0.185. The number of piperazine rings is 1. The van der Waals surface area contributed by atoms with Crippen LogP contribution in [0.5, 0.6) is 5.75 Å². The molecule has 0 aliphatic carbocycles. The molecule has 3 rings (SSSR count). The number of aryl methyl sites for hydroxylation is 1. The van der Waals surface area contributed by atoms with Gasteiger partial charge in [0.05, 0.1) is 13.7 Å². The minimum Gasteiger partial charge on any atom is -0.497 e. The van der Waals surface area contributed by atoms with Gasteiger partial charge in [0.2, 0.25) is 5.91 Å². The summed E-state index contributed by atoms with van der Waals surface area (Å²) in [6.45, 7) is 6.13. The molecule has 1 aliphatic heterocycles. The predicted molar refractivity (Wildman–Crippen MR) is 113 cm³/mol. The van der Waals surface area contributed by atoms with Gasteiger partial charge in [0, 0.05) is 45.3 Å². The van der Waals surface area contributed by atoms with Crippen molar-refractivity contribution in [1.29, 1.82) is 0 Å². The Hall–Kier alpha value is -2.86. The molecule has 0 N–H and O–H groups in total. The second-order valence-electron chi connectivity index (χ2n) is 7.54. The molecule has 0 saturated carbocycles. The van der Waals surface area contributed by atoms with Crippen LogP contribution in [0.1, 0.15) is 21.5 Å². The number of amides is 2. The summed E-state index contributed by atoms with van der Waals surface area (Å²) < 4.78 is 5.17. The number of benzene rings is 2. The Morgan fingerprint density at radius 2 is 1.76 bits per heavy atom. The van der Waals surface area contributed by atoms with E-state index < -0.39 is 0 Å². The monoisotopic (exact) mass is 395 g/mol. The van der Waals surface area contributed by atoms with E-state index in [9.17, 15) is 9.59 Å². The molecule has 29 heavy (non-hydrogen) atoms. The van der Waals surface area contributed by atoms with Crippen LogP contribution in [0.3, 0.4) is 0 Å². The van der Waals surface area contributed by atoms with Gasteiger partial charge in [0.1, 0.15) is 5.75 Å². The van der Waals surface area contributed by atoms with Gasteiger partial charge in [0.25, 0.3) is 5.91 Å². The van der Waals surface area contributed by atoms with Crippen LogP contribution in [0.15, 0.2) is 48.5 Å². The predicted octanol–water partition coefficient (Wildman–Crippen LogP) is 2.42. The van der Waals surface area contributed by atoms with Crippen molar-refractivity contribution in [2.24, 2.45) is 0 Å². The second-order valence-corrected chi connectivity index (χ2v) is 7.54. The molecule has 2 amide bonds. The van der Waals surface area contributed by atoms with E-state index in [1.165, 1.54) is 16.0 Å². The van der Waals surface area contributed by atoms with Crippen LogP contribution in [0.25, 0.3) is 0 Å². The van der Waals surface area contributed by atoms with Gasteiger partial charge in [-0.15, -0.1) is 0 Å². The average molecular weight is 396 g/mol. The van der Waals surface area contributed by atoms with E-state index in [0.29, 0.717) is 24.4 Å². The van der Waals surface area contributed by atoms with Crippen molar-refractivity contribution in [3.05, 3.63) is 65.2 Å². The van der Waals surface area contributed by atoms with Crippen LogP contribution in [-0.2, 0) is 11.3 Å². The highest BCUT2D eigenvalue weighted by molar-refractivity contribution is 5.96. The Balaban J connectivity index is 1.49. The maximum absolute atomic E-state index is 12.7. The molecule has 1 saturated heterocycles. The summed E-state index contributed by atoms with van der Waals surface area (Å²) in [5, 5.41) is 0. The Labute approximate surface area is 172 Å². The Bertz CT molecular complexity index is 860. The highest BCUT2D eigenvalue weighted by Gasteiger charge is 2.23. The van der Waals surface area contributed by atoms with Gasteiger partial charge >= 0.3 is 0 Å². The molecule has 1 fully saturated rings. The van der Waals surface area contributed by atoms with Crippen molar-refractivity contribution in [3.63, 3.8) is 0 Å². The van der Waals surface area contributed by atoms with Crippen molar-refractivity contribution in [3.8, 4) is 5.75 Å². The molecular weight excluding hydrogens is 366 g/mol. The quantitative estimate of drug-likeness (QED) is 0.754. The SMILES string of the molecule is COc1cccc(C(=O)N(C)CC(=O)N2CCN(Cc3cccc(C)c3)CC2)c1. The van der Waals surface area contributed by atoms with Crippen LogP contribution < -0.4 is 4.74 Å². The van der Waals surface area contributed by atoms with Gasteiger partial charge in [-0.2, -0.15) is 0 Å². The summed E-state index contributed by atoms with van der Waals surface area (Å²) in [5.74, 6) is 0.426. The highest BCUT2D eigenvalue weighted by atomic mass is 16.5. The summed E-state index contributed by atoms with van der Waals surface area (Å²) in [6.07, 6.45) is 0. The van der Waals surface area contributed by atoms with Crippen molar-refractivity contribution in [1.82, 2.24) is 14.7 Å². The van der Waals surface area contributed by atoms with Crippen molar-refractivity contribution >= 4 is 11.8 Å². The lowest BCUT2D eigenvalue weighted by atomic mass is 10.1. The number of likely N-dealkylation sites (N-methyl/N-ethyl adjacent to an activating group) is 1. The number of methoxy groups -OCH3 is 1. The van der Waals surface area contributed by atoms with Gasteiger partial charge in [0.15, 0.2) is 0 Å². The smallest absolute Gasteiger partial charge is 0.254 e. The van der Waals surface area contributed by atoms with E-state index in [-0.39, 0.29) is 18.4 Å². The molecule has 2 aromatic carbocycles. The topological polar surface area (TPSA) is 53.1 Å². The number of carbonyl (C=O) groups is 2. The molecule has 1 heterocycles. The number of hydrogen-bond donors (Lipinski definition) is 0. The normalized spacial score (nSPS) is 14.5. The first-order valence-electron chi connectivity index (χ1n) is 9.91. The van der Waals surface area contributed by atoms with E-state index in [1.807, 2.05) is 4.90 Å². The average Bonchev–Trinajstić information content (AvgIpc) is 2.73. The third-order valence-electron chi connectivity index (χ3n) is 5.25. The number of nitrogens with zero attached hydrogens (tertiary/aromatic N) is 3. The third kappa shape index (κ3) is 5.57. The first-order chi connectivity index (χ1) is 14.0. The standard InChI is InChI=1S/C23H29N3O3/c1-18-6-4-7-19(14-18)16-25-10-12-26(13-11-25)22(27)17-24(2)23(28)20-8-5-9-21(15-20)29-3/h4-9,14-15H,10-13,16-17H2,1-3H3. The summed E-state index contributed by atoms with van der Waals surface area (Å²) in [7, 11) is 3.23. The lowest BCUT2D eigenvalue weighted by Crippen LogP contribution is -2.51. The van der Waals surface area contributed by atoms with Crippen LogP contribution in [0.2, 0.25) is 0 Å². The summed E-state index contributed by atoms with van der Waals surface area (Å²) in [5.41, 5.74) is 3.08. The molecule has 0 aromatic heterocycles. The van der Waals surface area contributed by atoms with Gasteiger partial charge in [-0.05, 0) is 30.7 Å². The van der Waals surface area contributed by atoms with Crippen LogP contribution in [0, 0.1) is 6.92 Å². The van der Waals surface area contributed by atoms with Crippen molar-refractivity contribution in [2.75, 3.05) is 46.9 Å². The maximum Gasteiger partial charge on any atom is 0.254 e. The molecule has 1 aliphatic rings. The zero-order chi connectivity index (χ0) is 20.8. The second kappa shape index (κ2) is 9.56. The molecule has 0 atom stereocenters. The van der Waals surface area contributed by atoms with Gasteiger partial charge in [-0.3, -0.25) is 14.5 Å². The largest absolute Gasteiger partial charge is 0.497 e. The highest BCUT2D eigenvalue weighted by Crippen LogP contribution is 2.15. The van der Waals surface area contributed by atoms with Gasteiger partial charge in [-0.25, -0.2) is 0 Å². The zero-order valence-corrected chi connectivity index (χ0v) is 17.4. The first kappa shape index (κ1) is 20.9. The summed E-state index contributed by atoms with van der Waals surface area (Å²) in [4.78, 5) is 31.0. The fraction of sp³-hybridized carbons (Fsp3) is 0.391. The molecule has 0 unspecified atom stereocenters. The minimum absolute atomic E-state index is 0.0149. The fourth-order valence-electron chi connectivity index (χ4n) is 3.58.